The number of aryl methyl sites for hydroxylation is 2. The Hall–Kier alpha value is -1.81. The lowest BCUT2D eigenvalue weighted by Crippen LogP contribution is -2.30. The fraction of sp³-hybridized carbons (Fsp3) is 0.357. The Morgan fingerprint density at radius 1 is 1.38 bits per heavy atom. The molecule has 0 saturated carbocycles. The first-order valence-electron chi connectivity index (χ1n) is 6.54. The number of halogens is 5. The molecule has 0 fully saturated rings. The van der Waals surface area contributed by atoms with Crippen LogP contribution in [0.15, 0.2) is 34.3 Å². The topological polar surface area (TPSA) is 58.7 Å². The molecule has 0 radical (unpaired) electrons. The average molecular weight is 369 g/mol. The number of hydrogen-bond acceptors (Lipinski definition) is 3. The molecule has 0 aliphatic rings. The second-order valence-corrected chi connectivity index (χ2v) is 6.37. The van der Waals surface area contributed by atoms with Gasteiger partial charge in [0.2, 0.25) is 0 Å². The summed E-state index contributed by atoms with van der Waals surface area (Å²) < 4.78 is 73.8. The molecule has 134 valence electrons. The molecule has 0 spiro atoms. The summed E-state index contributed by atoms with van der Waals surface area (Å²) in [5.74, 6) is 4.18. The van der Waals surface area contributed by atoms with Crippen LogP contribution >= 0.6 is 0 Å². The first-order valence-corrected chi connectivity index (χ1v) is 7.85. The smallest absolute Gasteiger partial charge is 0.268 e. The molecule has 1 aromatic rings. The predicted octanol–water partition coefficient (Wildman–Crippen LogP) is 3.46. The lowest BCUT2D eigenvalue weighted by Gasteiger charge is -2.18. The first-order chi connectivity index (χ1) is 10.9. The van der Waals surface area contributed by atoms with E-state index in [9.17, 15) is 26.2 Å². The lowest BCUT2D eigenvalue weighted by atomic mass is 10.1. The van der Waals surface area contributed by atoms with Crippen LogP contribution in [0.5, 0.6) is 0 Å². The minimum absolute atomic E-state index is 0.0375. The Kier molecular flexibility index (Phi) is 6.61. The van der Waals surface area contributed by atoms with Crippen molar-refractivity contribution in [1.29, 1.82) is 0 Å². The Balaban J connectivity index is 3.15. The van der Waals surface area contributed by atoms with Gasteiger partial charge in [-0.2, -0.15) is 13.2 Å². The molecule has 0 aliphatic carbocycles. The van der Waals surface area contributed by atoms with Gasteiger partial charge in [-0.05, 0) is 31.0 Å². The summed E-state index contributed by atoms with van der Waals surface area (Å²) in [5, 5.41) is 0.858. The molecule has 0 saturated heterocycles. The number of aliphatic imine (C=N–C) groups is 1. The molecule has 0 heterocycles. The summed E-state index contributed by atoms with van der Waals surface area (Å²) >= 11 is 0. The van der Waals surface area contributed by atoms with Crippen LogP contribution in [0.1, 0.15) is 11.1 Å². The van der Waals surface area contributed by atoms with E-state index in [-0.39, 0.29) is 10.6 Å². The molecule has 1 atom stereocenters. The van der Waals surface area contributed by atoms with E-state index < -0.39 is 34.9 Å². The number of benzene rings is 1. The van der Waals surface area contributed by atoms with E-state index >= 15 is 0 Å². The molecule has 1 aromatic carbocycles. The third-order valence-corrected chi connectivity index (χ3v) is 4.43. The summed E-state index contributed by atoms with van der Waals surface area (Å²) in [7, 11) is -2.31. The zero-order valence-corrected chi connectivity index (χ0v) is 13.7. The summed E-state index contributed by atoms with van der Waals surface area (Å²) in [6, 6.07) is 2.73. The van der Waals surface area contributed by atoms with E-state index in [1.807, 2.05) is 0 Å². The highest BCUT2D eigenvalue weighted by molar-refractivity contribution is 7.85. The van der Waals surface area contributed by atoms with E-state index in [2.05, 4.69) is 11.6 Å². The highest BCUT2D eigenvalue weighted by Gasteiger charge is 2.31. The van der Waals surface area contributed by atoms with Crippen LogP contribution in [0.4, 0.5) is 27.6 Å². The van der Waals surface area contributed by atoms with Crippen molar-refractivity contribution < 1.29 is 26.2 Å². The Bertz CT molecular complexity index is 673. The maximum atomic E-state index is 12.4. The van der Waals surface area contributed by atoms with Gasteiger partial charge >= 0.3 is 6.18 Å². The van der Waals surface area contributed by atoms with Crippen molar-refractivity contribution in [2.45, 2.75) is 31.3 Å². The van der Waals surface area contributed by atoms with Crippen molar-refractivity contribution >= 4 is 22.8 Å². The number of anilines is 1. The van der Waals surface area contributed by atoms with Crippen LogP contribution in [-0.4, -0.2) is 28.9 Å². The maximum absolute atomic E-state index is 12.4. The molecule has 0 aromatic heterocycles. The highest BCUT2D eigenvalue weighted by atomic mass is 32.2. The van der Waals surface area contributed by atoms with Crippen molar-refractivity contribution in [2.24, 2.45) is 10.8 Å². The largest absolute Gasteiger partial charge is 0.400 e. The molecular formula is C14H16F5N3OS. The molecular weight excluding hydrogens is 353 g/mol. The molecule has 0 amide bonds. The number of hydrogen-bond donors (Lipinski definition) is 1. The zero-order valence-electron chi connectivity index (χ0n) is 12.9. The van der Waals surface area contributed by atoms with Crippen molar-refractivity contribution in [1.82, 2.24) is 0 Å². The minimum Gasteiger partial charge on any atom is -0.268 e. The third kappa shape index (κ3) is 5.68. The normalized spacial score (nSPS) is 13.5. The maximum Gasteiger partial charge on any atom is 0.400 e. The van der Waals surface area contributed by atoms with Gasteiger partial charge in [0.15, 0.2) is 0 Å². The van der Waals surface area contributed by atoms with Gasteiger partial charge in [-0.1, -0.05) is 12.6 Å². The number of nitrogens with zero attached hydrogens (tertiary/aromatic N) is 2. The molecule has 1 rings (SSSR count). The number of nitrogens with two attached hydrogens (primary N) is 1. The molecule has 24 heavy (non-hydrogen) atoms. The fourth-order valence-corrected chi connectivity index (χ4v) is 2.94. The quantitative estimate of drug-likeness (QED) is 0.275. The van der Waals surface area contributed by atoms with Crippen LogP contribution in [-0.2, 0) is 10.8 Å². The minimum atomic E-state index is -4.58. The van der Waals surface area contributed by atoms with Crippen molar-refractivity contribution in [3.63, 3.8) is 0 Å². The van der Waals surface area contributed by atoms with Gasteiger partial charge in [-0.15, -0.1) is 0 Å². The lowest BCUT2D eigenvalue weighted by molar-refractivity contribution is -0.105. The summed E-state index contributed by atoms with van der Waals surface area (Å²) in [5.41, 5.74) is 0.436. The molecule has 0 bridgehead atoms. The van der Waals surface area contributed by atoms with Gasteiger partial charge in [0.1, 0.15) is 17.8 Å². The molecule has 0 aliphatic heterocycles. The summed E-state index contributed by atoms with van der Waals surface area (Å²) in [6.07, 6.45) is -6.58. The van der Waals surface area contributed by atoms with Gasteiger partial charge in [0, 0.05) is 4.90 Å². The number of alkyl halides is 5. The molecule has 4 nitrogen and oxygen atoms in total. The van der Waals surface area contributed by atoms with E-state index in [1.165, 1.54) is 19.1 Å². The van der Waals surface area contributed by atoms with E-state index in [1.54, 1.807) is 6.92 Å². The first kappa shape index (κ1) is 20.2. The fourth-order valence-electron chi connectivity index (χ4n) is 1.83. The van der Waals surface area contributed by atoms with Crippen LogP contribution in [0.2, 0.25) is 0 Å². The molecule has 1 unspecified atom stereocenters. The second-order valence-electron chi connectivity index (χ2n) is 4.95. The van der Waals surface area contributed by atoms with Crippen molar-refractivity contribution in [3.8, 4) is 0 Å². The van der Waals surface area contributed by atoms with Crippen molar-refractivity contribution in [2.75, 3.05) is 10.8 Å². The Morgan fingerprint density at radius 3 is 2.46 bits per heavy atom. The van der Waals surface area contributed by atoms with Gasteiger partial charge in [-0.3, -0.25) is 9.22 Å². The van der Waals surface area contributed by atoms with Crippen LogP contribution < -0.4 is 10.9 Å². The van der Waals surface area contributed by atoms with Crippen LogP contribution in [0, 0.1) is 13.8 Å². The molecule has 2 N–H and O–H groups in total. The van der Waals surface area contributed by atoms with E-state index in [4.69, 9.17) is 5.84 Å². The van der Waals surface area contributed by atoms with E-state index in [0.717, 1.165) is 11.3 Å². The number of hydrazine groups is 1. The monoisotopic (exact) mass is 369 g/mol. The van der Waals surface area contributed by atoms with Gasteiger partial charge in [-0.25, -0.2) is 19.6 Å². The molecule has 10 heteroatoms. The Morgan fingerprint density at radius 2 is 1.96 bits per heavy atom. The highest BCUT2D eigenvalue weighted by Crippen LogP contribution is 2.27. The zero-order chi connectivity index (χ0) is 18.7. The third-order valence-electron chi connectivity index (χ3n) is 2.91. The van der Waals surface area contributed by atoms with Crippen molar-refractivity contribution in [3.05, 3.63) is 35.5 Å². The standard InChI is InChI=1S/C14H16F5N3OS/c1-8-4-9(2)12(24(23)6-14(17,18)19)5-11(8)22(20)7-21-10(3)13(15)16/h4-5,7,13H,3,6,20H2,1-2H3. The number of allylic oxidation sites excluding steroid dienone is 1. The summed E-state index contributed by atoms with van der Waals surface area (Å²) in [4.78, 5) is 3.34. The number of rotatable bonds is 6. The predicted molar refractivity (Wildman–Crippen MR) is 83.5 cm³/mol. The van der Waals surface area contributed by atoms with E-state index in [0.29, 0.717) is 11.1 Å². The van der Waals surface area contributed by atoms with Gasteiger partial charge in [0.05, 0.1) is 16.5 Å². The van der Waals surface area contributed by atoms with Crippen LogP contribution in [0.3, 0.4) is 0 Å². The van der Waals surface area contributed by atoms with Gasteiger partial charge < -0.3 is 0 Å². The van der Waals surface area contributed by atoms with Crippen LogP contribution in [0.25, 0.3) is 0 Å². The van der Waals surface area contributed by atoms with Gasteiger partial charge in [0.25, 0.3) is 6.43 Å². The summed E-state index contributed by atoms with van der Waals surface area (Å²) in [6.45, 7) is 6.18. The second kappa shape index (κ2) is 7.84. The Labute approximate surface area is 138 Å². The SMILES string of the molecule is C=C(N=CN(N)c1cc(S(=O)CC(F)(F)F)c(C)cc1C)C(F)F. The average Bonchev–Trinajstić information content (AvgIpc) is 2.42.